The van der Waals surface area contributed by atoms with Crippen LogP contribution in [0.15, 0.2) is 45.3 Å². The second-order valence-electron chi connectivity index (χ2n) is 7.54. The van der Waals surface area contributed by atoms with Crippen LogP contribution in [0, 0.1) is 5.92 Å². The highest BCUT2D eigenvalue weighted by Gasteiger charge is 2.12. The number of hydrazine groups is 1. The Morgan fingerprint density at radius 3 is 2.30 bits per heavy atom. The zero-order valence-corrected chi connectivity index (χ0v) is 22.7. The lowest BCUT2D eigenvalue weighted by molar-refractivity contribution is -0.123. The Kier molecular flexibility index (Phi) is 11.1. The summed E-state index contributed by atoms with van der Waals surface area (Å²) in [6, 6.07) is 10.7. The number of amides is 2. The third-order valence-corrected chi connectivity index (χ3v) is 5.90. The van der Waals surface area contributed by atoms with Crippen LogP contribution in [0.3, 0.4) is 0 Å². The third kappa shape index (κ3) is 9.30. The standard InChI is InChI=1S/C23H27Br2N3O4S/c1-4-15-5-7-20(17(24)11-15)32-13-21(29)27-28-23(33)26-22(30)16-6-8-19(18(25)12-16)31-10-9-14(2)3/h5-8,11-12,14H,4,9-10,13H2,1-3H3,(H,27,29)(H2,26,28,30,33). The van der Waals surface area contributed by atoms with Gasteiger partial charge in [-0.15, -0.1) is 0 Å². The first-order valence-electron chi connectivity index (χ1n) is 10.4. The molecule has 0 heterocycles. The van der Waals surface area contributed by atoms with Gasteiger partial charge in [0.05, 0.1) is 15.6 Å². The lowest BCUT2D eigenvalue weighted by Crippen LogP contribution is -2.49. The van der Waals surface area contributed by atoms with Crippen molar-refractivity contribution in [2.75, 3.05) is 13.2 Å². The summed E-state index contributed by atoms with van der Waals surface area (Å²) in [6.45, 7) is 6.68. The number of thiocarbonyl (C=S) groups is 1. The van der Waals surface area contributed by atoms with E-state index in [2.05, 4.69) is 68.8 Å². The molecule has 0 aromatic heterocycles. The van der Waals surface area contributed by atoms with E-state index >= 15 is 0 Å². The summed E-state index contributed by atoms with van der Waals surface area (Å²) in [4.78, 5) is 24.4. The van der Waals surface area contributed by atoms with E-state index in [0.29, 0.717) is 34.1 Å². The van der Waals surface area contributed by atoms with Gasteiger partial charge in [-0.3, -0.25) is 25.8 Å². The molecule has 0 aliphatic rings. The molecule has 10 heteroatoms. The quantitative estimate of drug-likeness (QED) is 0.280. The van der Waals surface area contributed by atoms with Crippen LogP contribution >= 0.6 is 44.1 Å². The fourth-order valence-electron chi connectivity index (χ4n) is 2.56. The average Bonchev–Trinajstić information content (AvgIpc) is 2.77. The highest BCUT2D eigenvalue weighted by molar-refractivity contribution is 9.10. The molecule has 0 aliphatic carbocycles. The second kappa shape index (κ2) is 13.5. The van der Waals surface area contributed by atoms with E-state index in [-0.39, 0.29) is 11.7 Å². The first kappa shape index (κ1) is 27.1. The summed E-state index contributed by atoms with van der Waals surface area (Å²) in [5.74, 6) is 0.885. The Balaban J connectivity index is 1.77. The largest absolute Gasteiger partial charge is 0.492 e. The summed E-state index contributed by atoms with van der Waals surface area (Å²) in [5, 5.41) is 2.46. The van der Waals surface area contributed by atoms with E-state index in [0.717, 1.165) is 22.9 Å². The normalized spacial score (nSPS) is 10.5. The number of aryl methyl sites for hydroxylation is 1. The fourth-order valence-corrected chi connectivity index (χ4v) is 3.74. The van der Waals surface area contributed by atoms with Crippen LogP contribution in [-0.2, 0) is 11.2 Å². The van der Waals surface area contributed by atoms with Crippen LogP contribution in [0.25, 0.3) is 0 Å². The van der Waals surface area contributed by atoms with Gasteiger partial charge in [-0.05, 0) is 98.7 Å². The van der Waals surface area contributed by atoms with E-state index in [9.17, 15) is 9.59 Å². The SMILES string of the molecule is CCc1ccc(OCC(=O)NNC(=S)NC(=O)c2ccc(OCCC(C)C)c(Br)c2)c(Br)c1. The van der Waals surface area contributed by atoms with Gasteiger partial charge in [0.2, 0.25) is 0 Å². The molecule has 0 saturated carbocycles. The Morgan fingerprint density at radius 2 is 1.67 bits per heavy atom. The molecule has 2 aromatic rings. The van der Waals surface area contributed by atoms with Crippen LogP contribution in [-0.4, -0.2) is 30.1 Å². The maximum Gasteiger partial charge on any atom is 0.276 e. The van der Waals surface area contributed by atoms with Gasteiger partial charge >= 0.3 is 0 Å². The number of carbonyl (C=O) groups is 2. The van der Waals surface area contributed by atoms with Crippen molar-refractivity contribution in [3.8, 4) is 11.5 Å². The van der Waals surface area contributed by atoms with Crippen molar-refractivity contribution >= 4 is 61.0 Å². The van der Waals surface area contributed by atoms with E-state index in [1.165, 1.54) is 0 Å². The molecule has 0 spiro atoms. The fraction of sp³-hybridized carbons (Fsp3) is 0.348. The van der Waals surface area contributed by atoms with E-state index < -0.39 is 11.8 Å². The number of hydrogen-bond acceptors (Lipinski definition) is 5. The van der Waals surface area contributed by atoms with Crippen molar-refractivity contribution in [1.82, 2.24) is 16.2 Å². The molecule has 0 unspecified atom stereocenters. The topological polar surface area (TPSA) is 88.7 Å². The van der Waals surface area contributed by atoms with Gasteiger partial charge in [-0.25, -0.2) is 0 Å². The average molecular weight is 601 g/mol. The lowest BCUT2D eigenvalue weighted by atomic mass is 10.1. The lowest BCUT2D eigenvalue weighted by Gasteiger charge is -2.13. The molecule has 2 amide bonds. The predicted molar refractivity (Wildman–Crippen MR) is 139 cm³/mol. The number of hydrogen-bond donors (Lipinski definition) is 3. The molecule has 178 valence electrons. The molecule has 0 bridgehead atoms. The van der Waals surface area contributed by atoms with Gasteiger partial charge in [0.15, 0.2) is 11.7 Å². The molecule has 0 radical (unpaired) electrons. The summed E-state index contributed by atoms with van der Waals surface area (Å²) in [6.07, 6.45) is 1.84. The molecule has 0 saturated heterocycles. The third-order valence-electron chi connectivity index (χ3n) is 4.45. The Labute approximate surface area is 216 Å². The molecule has 7 nitrogen and oxygen atoms in total. The minimum Gasteiger partial charge on any atom is -0.492 e. The van der Waals surface area contributed by atoms with Crippen molar-refractivity contribution in [2.45, 2.75) is 33.6 Å². The molecular formula is C23H27Br2N3O4S. The van der Waals surface area contributed by atoms with Gasteiger partial charge in [0.25, 0.3) is 11.8 Å². The van der Waals surface area contributed by atoms with Gasteiger partial charge in [0.1, 0.15) is 11.5 Å². The number of rotatable bonds is 9. The maximum atomic E-state index is 12.4. The number of carbonyl (C=O) groups excluding carboxylic acids is 2. The number of benzene rings is 2. The summed E-state index contributed by atoms with van der Waals surface area (Å²) < 4.78 is 12.7. The first-order chi connectivity index (χ1) is 15.7. The monoisotopic (exact) mass is 599 g/mol. The summed E-state index contributed by atoms with van der Waals surface area (Å²) in [5.41, 5.74) is 6.42. The van der Waals surface area contributed by atoms with Crippen LogP contribution in [0.4, 0.5) is 0 Å². The highest BCUT2D eigenvalue weighted by atomic mass is 79.9. The minimum absolute atomic E-state index is 0.0461. The summed E-state index contributed by atoms with van der Waals surface area (Å²) >= 11 is 11.9. The van der Waals surface area contributed by atoms with Crippen LogP contribution in [0.1, 0.15) is 43.1 Å². The van der Waals surface area contributed by atoms with E-state index in [4.69, 9.17) is 21.7 Å². The zero-order chi connectivity index (χ0) is 24.4. The first-order valence-corrected chi connectivity index (χ1v) is 12.4. The zero-order valence-electron chi connectivity index (χ0n) is 18.7. The molecule has 2 rings (SSSR count). The number of ether oxygens (including phenoxy) is 2. The molecule has 0 aliphatic heterocycles. The Morgan fingerprint density at radius 1 is 1.00 bits per heavy atom. The predicted octanol–water partition coefficient (Wildman–Crippen LogP) is 4.91. The van der Waals surface area contributed by atoms with Crippen LogP contribution < -0.4 is 25.6 Å². The van der Waals surface area contributed by atoms with Crippen molar-refractivity contribution < 1.29 is 19.1 Å². The smallest absolute Gasteiger partial charge is 0.276 e. The van der Waals surface area contributed by atoms with Gasteiger partial charge in [-0.1, -0.05) is 26.8 Å². The van der Waals surface area contributed by atoms with Crippen LogP contribution in [0.5, 0.6) is 11.5 Å². The summed E-state index contributed by atoms with van der Waals surface area (Å²) in [7, 11) is 0. The molecule has 3 N–H and O–H groups in total. The highest BCUT2D eigenvalue weighted by Crippen LogP contribution is 2.27. The van der Waals surface area contributed by atoms with Gasteiger partial charge in [-0.2, -0.15) is 0 Å². The molecule has 33 heavy (non-hydrogen) atoms. The van der Waals surface area contributed by atoms with E-state index in [1.54, 1.807) is 24.3 Å². The minimum atomic E-state index is -0.455. The van der Waals surface area contributed by atoms with Crippen molar-refractivity contribution in [3.05, 3.63) is 56.5 Å². The van der Waals surface area contributed by atoms with Crippen molar-refractivity contribution in [3.63, 3.8) is 0 Å². The second-order valence-corrected chi connectivity index (χ2v) is 9.66. The molecule has 0 fully saturated rings. The maximum absolute atomic E-state index is 12.4. The van der Waals surface area contributed by atoms with Gasteiger partial charge in [0, 0.05) is 5.56 Å². The van der Waals surface area contributed by atoms with Gasteiger partial charge < -0.3 is 9.47 Å². The Bertz CT molecular complexity index is 1000. The van der Waals surface area contributed by atoms with Crippen LogP contribution in [0.2, 0.25) is 0 Å². The molecule has 2 aromatic carbocycles. The number of halogens is 2. The Hall–Kier alpha value is -2.17. The van der Waals surface area contributed by atoms with E-state index in [1.807, 2.05) is 12.1 Å². The van der Waals surface area contributed by atoms with Crippen molar-refractivity contribution in [1.29, 1.82) is 0 Å². The van der Waals surface area contributed by atoms with Crippen molar-refractivity contribution in [2.24, 2.45) is 5.92 Å². The number of nitrogens with one attached hydrogen (secondary N) is 3. The molecule has 0 atom stereocenters. The molecular weight excluding hydrogens is 574 g/mol.